The molecule has 0 radical (unpaired) electrons. The van der Waals surface area contributed by atoms with Crippen LogP contribution in [-0.4, -0.2) is 55.0 Å². The highest BCUT2D eigenvalue weighted by molar-refractivity contribution is 6.31. The summed E-state index contributed by atoms with van der Waals surface area (Å²) in [4.78, 5) is 39.8. The van der Waals surface area contributed by atoms with Crippen LogP contribution in [0.3, 0.4) is 0 Å². The Labute approximate surface area is 273 Å². The Kier molecular flexibility index (Phi) is 14.0. The SMILES string of the molecule is CCCCCCCCCCCCCC(=O)Nc1ccc(C2CC(=O)Oc3cc(O[C@@H](C)C(=O)N4CCNCC4)ccc32)c(Cl)c1. The number of amides is 2. The second-order valence-corrected chi connectivity index (χ2v) is 12.7. The van der Waals surface area contributed by atoms with Crippen molar-refractivity contribution in [3.63, 3.8) is 0 Å². The highest BCUT2D eigenvalue weighted by Crippen LogP contribution is 2.43. The molecule has 9 heteroatoms. The van der Waals surface area contributed by atoms with Crippen molar-refractivity contribution >= 4 is 35.1 Å². The van der Waals surface area contributed by atoms with E-state index in [9.17, 15) is 14.4 Å². The summed E-state index contributed by atoms with van der Waals surface area (Å²) in [5.74, 6) is 0.107. The molecule has 1 unspecified atom stereocenters. The van der Waals surface area contributed by atoms with E-state index < -0.39 is 6.10 Å². The van der Waals surface area contributed by atoms with E-state index in [0.29, 0.717) is 41.7 Å². The lowest BCUT2D eigenvalue weighted by atomic mass is 9.86. The Morgan fingerprint density at radius 1 is 0.956 bits per heavy atom. The molecular weight excluding hydrogens is 590 g/mol. The molecule has 0 aromatic heterocycles. The average Bonchev–Trinajstić information content (AvgIpc) is 3.03. The Morgan fingerprint density at radius 3 is 2.27 bits per heavy atom. The van der Waals surface area contributed by atoms with Crippen molar-refractivity contribution in [3.8, 4) is 11.5 Å². The van der Waals surface area contributed by atoms with Crippen molar-refractivity contribution in [1.82, 2.24) is 10.2 Å². The van der Waals surface area contributed by atoms with E-state index in [0.717, 1.165) is 37.1 Å². The largest absolute Gasteiger partial charge is 0.481 e. The lowest BCUT2D eigenvalue weighted by Gasteiger charge is -2.30. The van der Waals surface area contributed by atoms with Crippen LogP contribution in [0.1, 0.15) is 114 Å². The van der Waals surface area contributed by atoms with Crippen molar-refractivity contribution in [3.05, 3.63) is 52.5 Å². The lowest BCUT2D eigenvalue weighted by molar-refractivity contribution is -0.138. The van der Waals surface area contributed by atoms with Gasteiger partial charge in [-0.05, 0) is 37.1 Å². The maximum absolute atomic E-state index is 12.8. The number of benzene rings is 2. The van der Waals surface area contributed by atoms with Gasteiger partial charge in [-0.3, -0.25) is 14.4 Å². The summed E-state index contributed by atoms with van der Waals surface area (Å²) >= 11 is 6.72. The zero-order valence-electron chi connectivity index (χ0n) is 27.0. The molecule has 45 heavy (non-hydrogen) atoms. The number of fused-ring (bicyclic) bond motifs is 1. The van der Waals surface area contributed by atoms with Gasteiger partial charge in [0.1, 0.15) is 11.5 Å². The van der Waals surface area contributed by atoms with Crippen LogP contribution in [0.4, 0.5) is 5.69 Å². The molecule has 2 amide bonds. The number of nitrogens with zero attached hydrogens (tertiary/aromatic N) is 1. The van der Waals surface area contributed by atoms with Gasteiger partial charge >= 0.3 is 5.97 Å². The van der Waals surface area contributed by atoms with Gasteiger partial charge in [0.25, 0.3) is 5.91 Å². The van der Waals surface area contributed by atoms with Gasteiger partial charge in [-0.25, -0.2) is 0 Å². The van der Waals surface area contributed by atoms with Crippen molar-refractivity contribution < 1.29 is 23.9 Å². The van der Waals surface area contributed by atoms with Crippen molar-refractivity contribution in [1.29, 1.82) is 0 Å². The number of hydrogen-bond acceptors (Lipinski definition) is 6. The summed E-state index contributed by atoms with van der Waals surface area (Å²) in [6.07, 6.45) is 13.7. The highest BCUT2D eigenvalue weighted by atomic mass is 35.5. The summed E-state index contributed by atoms with van der Waals surface area (Å²) in [6, 6.07) is 10.8. The van der Waals surface area contributed by atoms with Gasteiger partial charge in [0.2, 0.25) is 5.91 Å². The summed E-state index contributed by atoms with van der Waals surface area (Å²) < 4.78 is 11.5. The van der Waals surface area contributed by atoms with Crippen LogP contribution >= 0.6 is 11.6 Å². The molecular formula is C36H50ClN3O5. The lowest BCUT2D eigenvalue weighted by Crippen LogP contribution is -2.50. The molecule has 2 aromatic carbocycles. The fourth-order valence-electron chi connectivity index (χ4n) is 6.14. The molecule has 2 N–H and O–H groups in total. The first-order valence-electron chi connectivity index (χ1n) is 17.0. The highest BCUT2D eigenvalue weighted by Gasteiger charge is 2.31. The van der Waals surface area contributed by atoms with Crippen molar-refractivity contribution in [2.24, 2.45) is 0 Å². The predicted octanol–water partition coefficient (Wildman–Crippen LogP) is 7.62. The first-order valence-corrected chi connectivity index (χ1v) is 17.3. The first kappa shape index (κ1) is 34.8. The van der Waals surface area contributed by atoms with Crippen molar-refractivity contribution in [2.45, 2.75) is 109 Å². The van der Waals surface area contributed by atoms with E-state index in [1.807, 2.05) is 18.2 Å². The number of nitrogens with one attached hydrogen (secondary N) is 2. The molecule has 2 aromatic rings. The summed E-state index contributed by atoms with van der Waals surface area (Å²) in [6.45, 7) is 6.82. The van der Waals surface area contributed by atoms with Crippen LogP contribution in [0.25, 0.3) is 0 Å². The van der Waals surface area contributed by atoms with Gasteiger partial charge < -0.3 is 25.0 Å². The minimum absolute atomic E-state index is 0.0153. The first-order chi connectivity index (χ1) is 21.9. The van der Waals surface area contributed by atoms with E-state index in [4.69, 9.17) is 21.1 Å². The predicted molar refractivity (Wildman–Crippen MR) is 179 cm³/mol. The summed E-state index contributed by atoms with van der Waals surface area (Å²) in [5.41, 5.74) is 2.24. The molecule has 2 aliphatic heterocycles. The van der Waals surface area contributed by atoms with Crippen LogP contribution in [0.2, 0.25) is 5.02 Å². The van der Waals surface area contributed by atoms with E-state index in [-0.39, 0.29) is 30.1 Å². The van der Waals surface area contributed by atoms with Gasteiger partial charge in [-0.1, -0.05) is 94.9 Å². The third-order valence-electron chi connectivity index (χ3n) is 8.71. The second kappa shape index (κ2) is 18.1. The monoisotopic (exact) mass is 639 g/mol. The molecule has 0 spiro atoms. The minimum Gasteiger partial charge on any atom is -0.481 e. The van der Waals surface area contributed by atoms with Crippen molar-refractivity contribution in [2.75, 3.05) is 31.5 Å². The molecule has 2 atom stereocenters. The number of hydrogen-bond donors (Lipinski definition) is 2. The Morgan fingerprint density at radius 2 is 1.60 bits per heavy atom. The molecule has 2 heterocycles. The van der Waals surface area contributed by atoms with Crippen LogP contribution in [0.15, 0.2) is 36.4 Å². The number of rotatable bonds is 17. The van der Waals surface area contributed by atoms with Gasteiger partial charge in [0.15, 0.2) is 6.10 Å². The fraction of sp³-hybridized carbons (Fsp3) is 0.583. The van der Waals surface area contributed by atoms with Crippen LogP contribution in [0.5, 0.6) is 11.5 Å². The quantitative estimate of drug-likeness (QED) is 0.105. The Hall–Kier alpha value is -3.10. The summed E-state index contributed by atoms with van der Waals surface area (Å²) in [5, 5.41) is 6.68. The number of unbranched alkanes of at least 4 members (excludes halogenated alkanes) is 10. The van der Waals surface area contributed by atoms with Gasteiger partial charge in [0, 0.05) is 60.9 Å². The number of anilines is 1. The van der Waals surface area contributed by atoms with E-state index in [1.54, 1.807) is 30.0 Å². The van der Waals surface area contributed by atoms with Gasteiger partial charge in [-0.2, -0.15) is 0 Å². The topological polar surface area (TPSA) is 97.0 Å². The number of esters is 1. The van der Waals surface area contributed by atoms with E-state index >= 15 is 0 Å². The Balaban J connectivity index is 1.26. The smallest absolute Gasteiger partial charge is 0.312 e. The van der Waals surface area contributed by atoms with Gasteiger partial charge in [0.05, 0.1) is 6.42 Å². The van der Waals surface area contributed by atoms with E-state index in [2.05, 4.69) is 17.6 Å². The minimum atomic E-state index is -0.664. The number of carbonyl (C=O) groups is 3. The molecule has 4 rings (SSSR count). The number of halogens is 1. The molecule has 8 nitrogen and oxygen atoms in total. The second-order valence-electron chi connectivity index (χ2n) is 12.3. The number of piperazine rings is 1. The molecule has 2 aliphatic rings. The third-order valence-corrected chi connectivity index (χ3v) is 9.04. The molecule has 0 saturated carbocycles. The standard InChI is InChI=1S/C36H50ClN3O5/c1-3-4-5-6-7-8-9-10-11-12-13-14-34(41)39-27-15-17-29(32(37)23-27)31-25-35(42)45-33-24-28(16-18-30(31)33)44-26(2)36(43)40-21-19-38-20-22-40/h15-18,23-24,26,31,38H,3-14,19-22,25H2,1-2H3,(H,39,41)/t26-,31?/m0/s1. The molecule has 0 aliphatic carbocycles. The normalized spacial score (nSPS) is 16.9. The zero-order valence-corrected chi connectivity index (χ0v) is 27.8. The fourth-order valence-corrected chi connectivity index (χ4v) is 6.45. The van der Waals surface area contributed by atoms with Crippen LogP contribution in [-0.2, 0) is 14.4 Å². The molecule has 1 saturated heterocycles. The number of carbonyl (C=O) groups excluding carboxylic acids is 3. The third kappa shape index (κ3) is 10.7. The molecule has 1 fully saturated rings. The summed E-state index contributed by atoms with van der Waals surface area (Å²) in [7, 11) is 0. The molecule has 246 valence electrons. The number of ether oxygens (including phenoxy) is 2. The van der Waals surface area contributed by atoms with E-state index in [1.165, 1.54) is 57.8 Å². The average molecular weight is 640 g/mol. The van der Waals surface area contributed by atoms with Gasteiger partial charge in [-0.15, -0.1) is 0 Å². The van der Waals surface area contributed by atoms with Crippen LogP contribution < -0.4 is 20.1 Å². The maximum Gasteiger partial charge on any atom is 0.312 e. The maximum atomic E-state index is 12.8. The zero-order chi connectivity index (χ0) is 32.0. The van der Waals surface area contributed by atoms with Crippen LogP contribution in [0, 0.1) is 0 Å². The Bertz CT molecular complexity index is 1280. The molecule has 0 bridgehead atoms.